The van der Waals surface area contributed by atoms with Crippen LogP contribution in [0, 0.1) is 0 Å². The smallest absolute Gasteiger partial charge is 0.338 e. The fraction of sp³-hybridized carbons (Fsp3) is 0.421. The summed E-state index contributed by atoms with van der Waals surface area (Å²) in [6.45, 7) is 3.39. The Morgan fingerprint density at radius 2 is 1.93 bits per heavy atom. The molecule has 1 heterocycles. The first-order valence-electron chi connectivity index (χ1n) is 8.92. The fourth-order valence-electron chi connectivity index (χ4n) is 2.56. The number of halogens is 1. The topological polar surface area (TPSA) is 93.7 Å². The molecule has 28 heavy (non-hydrogen) atoms. The second-order valence-electron chi connectivity index (χ2n) is 6.00. The van der Waals surface area contributed by atoms with Gasteiger partial charge in [0.15, 0.2) is 0 Å². The molecule has 0 bridgehead atoms. The van der Waals surface area contributed by atoms with Crippen molar-refractivity contribution in [3.8, 4) is 0 Å². The van der Waals surface area contributed by atoms with E-state index in [0.717, 1.165) is 10.6 Å². The summed E-state index contributed by atoms with van der Waals surface area (Å²) in [4.78, 5) is 36.8. The standard InChI is InChI=1S/C19H23ClN2O5S/c1-3-26-18(24)17-12(2)21-19(25)22-15(17)11-27-16(23)5-4-10-28-14-8-6-13(20)7-9-14/h6-9,12H,3-5,10-11H2,1-2H3,(H2,21,22,25)/t12-/m0/s1. The molecule has 152 valence electrons. The van der Waals surface area contributed by atoms with Crippen LogP contribution in [0.1, 0.15) is 26.7 Å². The minimum Gasteiger partial charge on any atom is -0.463 e. The summed E-state index contributed by atoms with van der Waals surface area (Å²) >= 11 is 7.47. The van der Waals surface area contributed by atoms with Crippen LogP contribution >= 0.6 is 23.4 Å². The van der Waals surface area contributed by atoms with Crippen LogP contribution in [-0.2, 0) is 19.1 Å². The lowest BCUT2D eigenvalue weighted by Gasteiger charge is -2.26. The van der Waals surface area contributed by atoms with Gasteiger partial charge in [0.25, 0.3) is 0 Å². The minimum atomic E-state index is -0.548. The molecule has 0 aromatic heterocycles. The van der Waals surface area contributed by atoms with Gasteiger partial charge in [-0.1, -0.05) is 11.6 Å². The van der Waals surface area contributed by atoms with E-state index in [-0.39, 0.29) is 30.9 Å². The van der Waals surface area contributed by atoms with Gasteiger partial charge in [0, 0.05) is 16.3 Å². The number of urea groups is 1. The number of benzene rings is 1. The predicted octanol–water partition coefficient (Wildman–Crippen LogP) is 3.27. The first-order chi connectivity index (χ1) is 13.4. The van der Waals surface area contributed by atoms with Crippen molar-refractivity contribution in [1.29, 1.82) is 0 Å². The molecule has 0 spiro atoms. The quantitative estimate of drug-likeness (QED) is 0.357. The van der Waals surface area contributed by atoms with E-state index >= 15 is 0 Å². The number of nitrogens with one attached hydrogen (secondary N) is 2. The molecule has 2 N–H and O–H groups in total. The Kier molecular flexibility index (Phi) is 8.66. The first-order valence-corrected chi connectivity index (χ1v) is 10.3. The van der Waals surface area contributed by atoms with Crippen molar-refractivity contribution in [3.63, 3.8) is 0 Å². The lowest BCUT2D eigenvalue weighted by atomic mass is 10.0. The van der Waals surface area contributed by atoms with Crippen LogP contribution in [0.5, 0.6) is 0 Å². The highest BCUT2D eigenvalue weighted by Crippen LogP contribution is 2.21. The Bertz CT molecular complexity index is 751. The van der Waals surface area contributed by atoms with Gasteiger partial charge < -0.3 is 20.1 Å². The molecule has 9 heteroatoms. The normalized spacial score (nSPS) is 16.2. The lowest BCUT2D eigenvalue weighted by Crippen LogP contribution is -2.50. The van der Waals surface area contributed by atoms with Gasteiger partial charge in [-0.05, 0) is 50.3 Å². The number of ether oxygens (including phenoxy) is 2. The van der Waals surface area contributed by atoms with Crippen LogP contribution < -0.4 is 10.6 Å². The molecule has 7 nitrogen and oxygen atoms in total. The monoisotopic (exact) mass is 426 g/mol. The Labute approximate surface area is 173 Å². The third-order valence-corrected chi connectivity index (χ3v) is 5.20. The number of carbonyl (C=O) groups excluding carboxylic acids is 3. The molecule has 0 aliphatic carbocycles. The van der Waals surface area contributed by atoms with Crippen LogP contribution in [0.4, 0.5) is 4.79 Å². The maximum atomic E-state index is 12.1. The van der Waals surface area contributed by atoms with Crippen molar-refractivity contribution in [2.75, 3.05) is 19.0 Å². The molecule has 1 aliphatic rings. The zero-order valence-corrected chi connectivity index (χ0v) is 17.3. The van der Waals surface area contributed by atoms with Crippen LogP contribution in [0.3, 0.4) is 0 Å². The Hall–Kier alpha value is -2.19. The Morgan fingerprint density at radius 3 is 2.61 bits per heavy atom. The van der Waals surface area contributed by atoms with Crippen LogP contribution in [0.2, 0.25) is 5.02 Å². The van der Waals surface area contributed by atoms with Gasteiger partial charge in [-0.25, -0.2) is 9.59 Å². The largest absolute Gasteiger partial charge is 0.463 e. The van der Waals surface area contributed by atoms with Crippen molar-refractivity contribution in [2.24, 2.45) is 0 Å². The van der Waals surface area contributed by atoms with Crippen LogP contribution in [0.25, 0.3) is 0 Å². The number of hydrogen-bond donors (Lipinski definition) is 2. The average molecular weight is 427 g/mol. The van der Waals surface area contributed by atoms with Crippen molar-refractivity contribution in [2.45, 2.75) is 37.6 Å². The summed E-state index contributed by atoms with van der Waals surface area (Å²) in [5.74, 6) is -0.189. The summed E-state index contributed by atoms with van der Waals surface area (Å²) in [5, 5.41) is 5.79. The highest BCUT2D eigenvalue weighted by molar-refractivity contribution is 7.99. The molecule has 1 aromatic carbocycles. The first kappa shape index (κ1) is 22.1. The predicted molar refractivity (Wildman–Crippen MR) is 107 cm³/mol. The highest BCUT2D eigenvalue weighted by Gasteiger charge is 2.30. The molecule has 1 aliphatic heterocycles. The molecule has 1 aromatic rings. The van der Waals surface area contributed by atoms with Crippen molar-refractivity contribution >= 4 is 41.3 Å². The number of carbonyl (C=O) groups is 3. The van der Waals surface area contributed by atoms with Gasteiger partial charge in [-0.3, -0.25) is 4.79 Å². The van der Waals surface area contributed by atoms with Crippen LogP contribution in [-0.4, -0.2) is 43.0 Å². The molecular formula is C19H23ClN2O5S. The third kappa shape index (κ3) is 6.76. The molecular weight excluding hydrogens is 404 g/mol. The van der Waals surface area contributed by atoms with E-state index in [4.69, 9.17) is 21.1 Å². The molecule has 0 radical (unpaired) electrons. The van der Waals surface area contributed by atoms with Crippen LogP contribution in [0.15, 0.2) is 40.4 Å². The van der Waals surface area contributed by atoms with E-state index < -0.39 is 24.0 Å². The number of esters is 2. The second kappa shape index (κ2) is 11.0. The van der Waals surface area contributed by atoms with Crippen molar-refractivity contribution in [1.82, 2.24) is 10.6 Å². The molecule has 2 amide bonds. The maximum Gasteiger partial charge on any atom is 0.338 e. The average Bonchev–Trinajstić information content (AvgIpc) is 2.64. The van der Waals surface area contributed by atoms with E-state index in [1.807, 2.05) is 24.3 Å². The second-order valence-corrected chi connectivity index (χ2v) is 7.60. The van der Waals surface area contributed by atoms with E-state index in [1.54, 1.807) is 25.6 Å². The van der Waals surface area contributed by atoms with E-state index in [2.05, 4.69) is 10.6 Å². The minimum absolute atomic E-state index is 0.185. The molecule has 0 fully saturated rings. The maximum absolute atomic E-state index is 12.1. The van der Waals surface area contributed by atoms with E-state index in [0.29, 0.717) is 11.4 Å². The Balaban J connectivity index is 1.82. The number of rotatable bonds is 9. The van der Waals surface area contributed by atoms with Gasteiger partial charge in [0.1, 0.15) is 6.61 Å². The molecule has 0 unspecified atom stereocenters. The zero-order chi connectivity index (χ0) is 20.5. The van der Waals surface area contributed by atoms with Gasteiger partial charge in [-0.15, -0.1) is 11.8 Å². The lowest BCUT2D eigenvalue weighted by molar-refractivity contribution is -0.143. The van der Waals surface area contributed by atoms with Gasteiger partial charge in [0.2, 0.25) is 0 Å². The van der Waals surface area contributed by atoms with E-state index in [9.17, 15) is 14.4 Å². The fourth-order valence-corrected chi connectivity index (χ4v) is 3.53. The van der Waals surface area contributed by atoms with Crippen molar-refractivity contribution < 1.29 is 23.9 Å². The third-order valence-electron chi connectivity index (χ3n) is 3.85. The summed E-state index contributed by atoms with van der Waals surface area (Å²) in [7, 11) is 0. The van der Waals surface area contributed by atoms with Crippen molar-refractivity contribution in [3.05, 3.63) is 40.6 Å². The summed E-state index contributed by atoms with van der Waals surface area (Å²) in [6.07, 6.45) is 0.880. The van der Waals surface area contributed by atoms with E-state index in [1.165, 1.54) is 0 Å². The zero-order valence-electron chi connectivity index (χ0n) is 15.7. The number of amides is 2. The molecule has 0 saturated carbocycles. The number of hydrogen-bond acceptors (Lipinski definition) is 6. The Morgan fingerprint density at radius 1 is 1.21 bits per heavy atom. The summed E-state index contributed by atoms with van der Waals surface area (Å²) in [6, 6.07) is 6.51. The molecule has 0 saturated heterocycles. The van der Waals surface area contributed by atoms with Gasteiger partial charge in [-0.2, -0.15) is 0 Å². The highest BCUT2D eigenvalue weighted by atomic mass is 35.5. The van der Waals surface area contributed by atoms with Gasteiger partial charge >= 0.3 is 18.0 Å². The SMILES string of the molecule is CCOC(=O)C1=C(COC(=O)CCCSc2ccc(Cl)cc2)NC(=O)N[C@H]1C. The molecule has 1 atom stereocenters. The number of thioether (sulfide) groups is 1. The summed E-state index contributed by atoms with van der Waals surface area (Å²) < 4.78 is 10.2. The summed E-state index contributed by atoms with van der Waals surface area (Å²) in [5.41, 5.74) is 0.506. The van der Waals surface area contributed by atoms with Gasteiger partial charge in [0.05, 0.1) is 23.9 Å². The molecule has 2 rings (SSSR count).